The van der Waals surface area contributed by atoms with Crippen LogP contribution in [0, 0.1) is 6.92 Å². The summed E-state index contributed by atoms with van der Waals surface area (Å²) in [5, 5.41) is 5.41. The first-order valence-corrected chi connectivity index (χ1v) is 8.08. The Morgan fingerprint density at radius 2 is 2.25 bits per heavy atom. The standard InChI is InChI=1S/C11H13F2N3O2S2/c1-8-4-10(7-19-8)20(17,18)14-5-9-2-3-16(15-9)6-11(12)13/h2-4,7,11,14H,5-6H2,1H3. The van der Waals surface area contributed by atoms with Crippen LogP contribution in [0.1, 0.15) is 10.6 Å². The summed E-state index contributed by atoms with van der Waals surface area (Å²) in [4.78, 5) is 1.10. The minimum atomic E-state index is -3.59. The van der Waals surface area contributed by atoms with Gasteiger partial charge in [0.15, 0.2) is 0 Å². The van der Waals surface area contributed by atoms with Gasteiger partial charge >= 0.3 is 0 Å². The minimum Gasteiger partial charge on any atom is -0.267 e. The molecule has 9 heteroatoms. The molecule has 0 aromatic carbocycles. The van der Waals surface area contributed by atoms with Crippen molar-refractivity contribution < 1.29 is 17.2 Å². The number of aromatic nitrogens is 2. The van der Waals surface area contributed by atoms with Gasteiger partial charge in [-0.3, -0.25) is 4.68 Å². The van der Waals surface area contributed by atoms with Gasteiger partial charge in [0.05, 0.1) is 17.1 Å². The summed E-state index contributed by atoms with van der Waals surface area (Å²) >= 11 is 1.34. The summed E-state index contributed by atoms with van der Waals surface area (Å²) in [6.45, 7) is 1.28. The monoisotopic (exact) mass is 321 g/mol. The second-order valence-electron chi connectivity index (χ2n) is 4.14. The lowest BCUT2D eigenvalue weighted by Gasteiger charge is -2.03. The maximum absolute atomic E-state index is 12.2. The van der Waals surface area contributed by atoms with E-state index < -0.39 is 23.0 Å². The van der Waals surface area contributed by atoms with Crippen LogP contribution in [0.15, 0.2) is 28.6 Å². The summed E-state index contributed by atoms with van der Waals surface area (Å²) in [5.74, 6) is 0. The van der Waals surface area contributed by atoms with Crippen LogP contribution >= 0.6 is 11.3 Å². The zero-order valence-corrected chi connectivity index (χ0v) is 12.2. The lowest BCUT2D eigenvalue weighted by molar-refractivity contribution is 0.121. The molecule has 0 spiro atoms. The molecule has 0 radical (unpaired) electrons. The largest absolute Gasteiger partial charge is 0.267 e. The molecule has 2 aromatic rings. The minimum absolute atomic E-state index is 0.0343. The van der Waals surface area contributed by atoms with Crippen LogP contribution in [0.3, 0.4) is 0 Å². The fourth-order valence-corrected chi connectivity index (χ4v) is 3.68. The molecule has 0 aliphatic rings. The highest BCUT2D eigenvalue weighted by Crippen LogP contribution is 2.18. The fourth-order valence-electron chi connectivity index (χ4n) is 1.55. The van der Waals surface area contributed by atoms with Crippen LogP contribution < -0.4 is 4.72 Å². The van der Waals surface area contributed by atoms with Crippen molar-refractivity contribution in [3.05, 3.63) is 34.3 Å². The third-order valence-electron chi connectivity index (χ3n) is 2.48. The number of thiophene rings is 1. The number of nitrogens with zero attached hydrogens (tertiary/aromatic N) is 2. The fraction of sp³-hybridized carbons (Fsp3) is 0.364. The number of aryl methyl sites for hydroxylation is 1. The number of hydrogen-bond acceptors (Lipinski definition) is 4. The van der Waals surface area contributed by atoms with Crippen LogP contribution in [-0.4, -0.2) is 24.6 Å². The number of rotatable bonds is 6. The molecule has 0 fully saturated rings. The van der Waals surface area contributed by atoms with Crippen molar-refractivity contribution in [1.29, 1.82) is 0 Å². The number of sulfonamides is 1. The smallest absolute Gasteiger partial charge is 0.257 e. The quantitative estimate of drug-likeness (QED) is 0.885. The SMILES string of the molecule is Cc1cc(S(=O)(=O)NCc2ccn(CC(F)F)n2)cs1. The van der Waals surface area contributed by atoms with Gasteiger partial charge in [-0.25, -0.2) is 21.9 Å². The molecule has 110 valence electrons. The van der Waals surface area contributed by atoms with E-state index in [0.29, 0.717) is 5.69 Å². The Bertz CT molecular complexity index is 679. The van der Waals surface area contributed by atoms with E-state index in [1.807, 2.05) is 6.92 Å². The van der Waals surface area contributed by atoms with Crippen LogP contribution in [-0.2, 0) is 23.1 Å². The molecule has 0 saturated carbocycles. The Balaban J connectivity index is 1.99. The predicted octanol–water partition coefficient (Wildman–Crippen LogP) is 2.00. The first-order valence-electron chi connectivity index (χ1n) is 5.72. The molecular formula is C11H13F2N3O2S2. The maximum atomic E-state index is 12.2. The Morgan fingerprint density at radius 1 is 1.50 bits per heavy atom. The lowest BCUT2D eigenvalue weighted by Crippen LogP contribution is -2.23. The number of halogens is 2. The Morgan fingerprint density at radius 3 is 2.85 bits per heavy atom. The summed E-state index contributed by atoms with van der Waals surface area (Å²) in [6, 6.07) is 3.08. The van der Waals surface area contributed by atoms with E-state index in [1.54, 1.807) is 11.4 Å². The molecule has 0 bridgehead atoms. The topological polar surface area (TPSA) is 64.0 Å². The van der Waals surface area contributed by atoms with Crippen molar-refractivity contribution in [2.24, 2.45) is 0 Å². The zero-order valence-electron chi connectivity index (χ0n) is 10.6. The van der Waals surface area contributed by atoms with Crippen LogP contribution in [0.25, 0.3) is 0 Å². The molecule has 0 saturated heterocycles. The van der Waals surface area contributed by atoms with Crippen LogP contribution in [0.4, 0.5) is 8.78 Å². The Hall–Kier alpha value is -1.32. The molecule has 20 heavy (non-hydrogen) atoms. The zero-order chi connectivity index (χ0) is 14.8. The Kier molecular flexibility index (Phi) is 4.51. The van der Waals surface area contributed by atoms with Crippen molar-refractivity contribution in [3.63, 3.8) is 0 Å². The molecule has 2 heterocycles. The highest BCUT2D eigenvalue weighted by atomic mass is 32.2. The highest BCUT2D eigenvalue weighted by molar-refractivity contribution is 7.89. The van der Waals surface area contributed by atoms with Crippen molar-refractivity contribution in [2.75, 3.05) is 0 Å². The first-order chi connectivity index (χ1) is 9.37. The molecule has 0 aliphatic heterocycles. The van der Waals surface area contributed by atoms with Gasteiger partial charge in [-0.05, 0) is 19.1 Å². The van der Waals surface area contributed by atoms with Gasteiger partial charge in [-0.2, -0.15) is 5.10 Å². The van der Waals surface area contributed by atoms with Crippen molar-refractivity contribution in [2.45, 2.75) is 31.3 Å². The van der Waals surface area contributed by atoms with Gasteiger partial charge in [0, 0.05) is 16.5 Å². The van der Waals surface area contributed by atoms with E-state index in [1.165, 1.54) is 23.6 Å². The molecular weight excluding hydrogens is 308 g/mol. The van der Waals surface area contributed by atoms with Crippen molar-refractivity contribution in [3.8, 4) is 0 Å². The third kappa shape index (κ3) is 3.84. The highest BCUT2D eigenvalue weighted by Gasteiger charge is 2.16. The molecule has 2 aromatic heterocycles. The van der Waals surface area contributed by atoms with Crippen LogP contribution in [0.2, 0.25) is 0 Å². The summed E-state index contributed by atoms with van der Waals surface area (Å²) in [6.07, 6.45) is -1.10. The second kappa shape index (κ2) is 5.98. The average Bonchev–Trinajstić information content (AvgIpc) is 2.95. The summed E-state index contributed by atoms with van der Waals surface area (Å²) < 4.78 is 51.7. The molecule has 0 unspecified atom stereocenters. The first kappa shape index (κ1) is 15.1. The van der Waals surface area contributed by atoms with E-state index in [4.69, 9.17) is 0 Å². The van der Waals surface area contributed by atoms with Gasteiger partial charge in [-0.15, -0.1) is 11.3 Å². The van der Waals surface area contributed by atoms with Gasteiger partial charge < -0.3 is 0 Å². The predicted molar refractivity (Wildman–Crippen MR) is 71.3 cm³/mol. The van der Waals surface area contributed by atoms with Gasteiger partial charge in [0.1, 0.15) is 6.54 Å². The van der Waals surface area contributed by atoms with Crippen molar-refractivity contribution in [1.82, 2.24) is 14.5 Å². The van der Waals surface area contributed by atoms with E-state index >= 15 is 0 Å². The van der Waals surface area contributed by atoms with Crippen molar-refractivity contribution >= 4 is 21.4 Å². The summed E-state index contributed by atoms with van der Waals surface area (Å²) in [7, 11) is -3.59. The molecule has 1 N–H and O–H groups in total. The van der Waals surface area contributed by atoms with Gasteiger partial charge in [0.25, 0.3) is 6.43 Å². The van der Waals surface area contributed by atoms with Gasteiger partial charge in [-0.1, -0.05) is 0 Å². The molecule has 5 nitrogen and oxygen atoms in total. The average molecular weight is 321 g/mol. The number of nitrogens with one attached hydrogen (secondary N) is 1. The molecule has 0 amide bonds. The third-order valence-corrected chi connectivity index (χ3v) is 4.87. The van der Waals surface area contributed by atoms with E-state index in [9.17, 15) is 17.2 Å². The second-order valence-corrected chi connectivity index (χ2v) is 7.02. The van der Waals surface area contributed by atoms with Crippen LogP contribution in [0.5, 0.6) is 0 Å². The maximum Gasteiger partial charge on any atom is 0.257 e. The van der Waals surface area contributed by atoms with Gasteiger partial charge in [0.2, 0.25) is 10.0 Å². The van der Waals surface area contributed by atoms with E-state index in [-0.39, 0.29) is 11.4 Å². The molecule has 0 atom stereocenters. The summed E-state index contributed by atoms with van der Waals surface area (Å²) in [5.41, 5.74) is 0.390. The van der Waals surface area contributed by atoms with E-state index in [2.05, 4.69) is 9.82 Å². The van der Waals surface area contributed by atoms with E-state index in [0.717, 1.165) is 9.56 Å². The normalized spacial score (nSPS) is 12.2. The lowest BCUT2D eigenvalue weighted by atomic mass is 10.4. The Labute approximate surface area is 119 Å². The molecule has 0 aliphatic carbocycles. The number of hydrogen-bond donors (Lipinski definition) is 1. The molecule has 2 rings (SSSR count). The number of alkyl halides is 2.